The first-order valence-electron chi connectivity index (χ1n) is 6.83. The first kappa shape index (κ1) is 14.0. The number of aromatic nitrogens is 5. The molecule has 3 rings (SSSR count). The standard InChI is InChI=1S/C15H16N6O/c1-9-4-10(2)6-11(5-9)12-7-14(19-18-12)17-15(22)13-8-16-21(3)20-13/h4-8H,1-3H3,(H2,17,18,19,22). The molecule has 0 aliphatic carbocycles. The van der Waals surface area contributed by atoms with Gasteiger partial charge in [0.05, 0.1) is 11.9 Å². The first-order chi connectivity index (χ1) is 10.5. The minimum atomic E-state index is -0.341. The number of hydrogen-bond donors (Lipinski definition) is 2. The average Bonchev–Trinajstić information content (AvgIpc) is 3.06. The minimum Gasteiger partial charge on any atom is -0.304 e. The lowest BCUT2D eigenvalue weighted by atomic mass is 10.1. The van der Waals surface area contributed by atoms with Crippen LogP contribution in [-0.2, 0) is 7.05 Å². The third-order valence-corrected chi connectivity index (χ3v) is 3.18. The number of hydrogen-bond acceptors (Lipinski definition) is 4. The SMILES string of the molecule is Cc1cc(C)cc(-c2cc(NC(=O)c3cnn(C)n3)n[nH]2)c1. The van der Waals surface area contributed by atoms with Crippen LogP contribution in [0.4, 0.5) is 5.82 Å². The summed E-state index contributed by atoms with van der Waals surface area (Å²) in [6.45, 7) is 4.09. The second kappa shape index (κ2) is 5.44. The third kappa shape index (κ3) is 2.88. The van der Waals surface area contributed by atoms with Crippen molar-refractivity contribution < 1.29 is 4.79 Å². The summed E-state index contributed by atoms with van der Waals surface area (Å²) in [5.41, 5.74) is 4.48. The molecular weight excluding hydrogens is 280 g/mol. The second-order valence-electron chi connectivity index (χ2n) is 5.22. The normalized spacial score (nSPS) is 10.7. The Labute approximate surface area is 127 Å². The van der Waals surface area contributed by atoms with E-state index in [1.54, 1.807) is 13.1 Å². The van der Waals surface area contributed by atoms with Crippen LogP contribution in [0.2, 0.25) is 0 Å². The van der Waals surface area contributed by atoms with Gasteiger partial charge in [-0.25, -0.2) is 0 Å². The third-order valence-electron chi connectivity index (χ3n) is 3.18. The van der Waals surface area contributed by atoms with Crippen molar-refractivity contribution in [1.82, 2.24) is 25.2 Å². The predicted octanol–water partition coefficient (Wildman–Crippen LogP) is 2.07. The van der Waals surface area contributed by atoms with Crippen LogP contribution in [0.1, 0.15) is 21.6 Å². The Hall–Kier alpha value is -2.96. The molecule has 2 aromatic heterocycles. The van der Waals surface area contributed by atoms with E-state index < -0.39 is 0 Å². The van der Waals surface area contributed by atoms with Crippen LogP contribution in [0.15, 0.2) is 30.5 Å². The average molecular weight is 296 g/mol. The summed E-state index contributed by atoms with van der Waals surface area (Å²) in [4.78, 5) is 13.3. The fraction of sp³-hybridized carbons (Fsp3) is 0.200. The van der Waals surface area contributed by atoms with Crippen molar-refractivity contribution in [2.75, 3.05) is 5.32 Å². The zero-order chi connectivity index (χ0) is 15.7. The van der Waals surface area contributed by atoms with E-state index in [0.29, 0.717) is 5.82 Å². The number of aryl methyl sites for hydroxylation is 3. The molecule has 1 aromatic carbocycles. The minimum absolute atomic E-state index is 0.249. The molecule has 112 valence electrons. The van der Waals surface area contributed by atoms with Crippen molar-refractivity contribution in [1.29, 1.82) is 0 Å². The molecule has 0 aliphatic rings. The summed E-state index contributed by atoms with van der Waals surface area (Å²) in [5, 5.41) is 17.6. The van der Waals surface area contributed by atoms with Crippen LogP contribution in [0.25, 0.3) is 11.3 Å². The van der Waals surface area contributed by atoms with Crippen LogP contribution < -0.4 is 5.32 Å². The molecule has 2 heterocycles. The van der Waals surface area contributed by atoms with Gasteiger partial charge in [0.2, 0.25) is 0 Å². The molecule has 7 nitrogen and oxygen atoms in total. The van der Waals surface area contributed by atoms with E-state index in [0.717, 1.165) is 11.3 Å². The highest BCUT2D eigenvalue weighted by Crippen LogP contribution is 2.22. The molecule has 7 heteroatoms. The summed E-state index contributed by atoms with van der Waals surface area (Å²) in [7, 11) is 1.66. The molecule has 0 atom stereocenters. The largest absolute Gasteiger partial charge is 0.304 e. The molecule has 1 amide bonds. The van der Waals surface area contributed by atoms with Gasteiger partial charge in [-0.2, -0.15) is 15.0 Å². The predicted molar refractivity (Wildman–Crippen MR) is 82.5 cm³/mol. The van der Waals surface area contributed by atoms with Gasteiger partial charge in [-0.05, 0) is 26.0 Å². The van der Waals surface area contributed by atoms with Crippen LogP contribution >= 0.6 is 0 Å². The molecule has 0 spiro atoms. The number of carbonyl (C=O) groups excluding carboxylic acids is 1. The number of rotatable bonds is 3. The van der Waals surface area contributed by atoms with Gasteiger partial charge in [0, 0.05) is 18.7 Å². The van der Waals surface area contributed by atoms with E-state index in [2.05, 4.69) is 43.9 Å². The van der Waals surface area contributed by atoms with Crippen LogP contribution in [0.3, 0.4) is 0 Å². The lowest BCUT2D eigenvalue weighted by molar-refractivity contribution is 0.102. The van der Waals surface area contributed by atoms with E-state index in [-0.39, 0.29) is 11.6 Å². The summed E-state index contributed by atoms with van der Waals surface area (Å²) in [6, 6.07) is 8.03. The molecule has 3 aromatic rings. The fourth-order valence-electron chi connectivity index (χ4n) is 2.29. The topological polar surface area (TPSA) is 88.5 Å². The van der Waals surface area contributed by atoms with Crippen molar-refractivity contribution in [3.63, 3.8) is 0 Å². The number of nitrogens with one attached hydrogen (secondary N) is 2. The molecule has 0 fully saturated rings. The van der Waals surface area contributed by atoms with Gasteiger partial charge in [-0.15, -0.1) is 5.10 Å². The van der Waals surface area contributed by atoms with E-state index in [1.807, 2.05) is 13.8 Å². The van der Waals surface area contributed by atoms with Gasteiger partial charge in [-0.3, -0.25) is 9.89 Å². The Morgan fingerprint density at radius 2 is 1.91 bits per heavy atom. The van der Waals surface area contributed by atoms with Gasteiger partial charge >= 0.3 is 0 Å². The molecular formula is C15H16N6O. The Morgan fingerprint density at radius 1 is 1.18 bits per heavy atom. The van der Waals surface area contributed by atoms with Crippen LogP contribution in [-0.4, -0.2) is 31.1 Å². The maximum Gasteiger partial charge on any atom is 0.279 e. The molecule has 0 aliphatic heterocycles. The lowest BCUT2D eigenvalue weighted by Gasteiger charge is -2.01. The highest BCUT2D eigenvalue weighted by atomic mass is 16.2. The zero-order valence-electron chi connectivity index (χ0n) is 12.6. The van der Waals surface area contributed by atoms with Crippen molar-refractivity contribution in [2.24, 2.45) is 7.05 Å². The van der Waals surface area contributed by atoms with Gasteiger partial charge < -0.3 is 5.32 Å². The lowest BCUT2D eigenvalue weighted by Crippen LogP contribution is -2.13. The van der Waals surface area contributed by atoms with E-state index in [9.17, 15) is 4.79 Å². The van der Waals surface area contributed by atoms with Crippen molar-refractivity contribution >= 4 is 11.7 Å². The Bertz CT molecular complexity index is 812. The molecule has 0 bridgehead atoms. The Balaban J connectivity index is 1.80. The monoisotopic (exact) mass is 296 g/mol. The Kier molecular flexibility index (Phi) is 3.46. The van der Waals surface area contributed by atoms with Gasteiger partial charge in [0.25, 0.3) is 5.91 Å². The smallest absolute Gasteiger partial charge is 0.279 e. The molecule has 0 saturated carbocycles. The number of benzene rings is 1. The highest BCUT2D eigenvalue weighted by Gasteiger charge is 2.12. The number of anilines is 1. The molecule has 0 saturated heterocycles. The van der Waals surface area contributed by atoms with Crippen molar-refractivity contribution in [3.8, 4) is 11.3 Å². The number of H-pyrrole nitrogens is 1. The molecule has 22 heavy (non-hydrogen) atoms. The highest BCUT2D eigenvalue weighted by molar-refractivity contribution is 6.02. The molecule has 0 unspecified atom stereocenters. The van der Waals surface area contributed by atoms with Crippen molar-refractivity contribution in [3.05, 3.63) is 47.3 Å². The molecule has 0 radical (unpaired) electrons. The summed E-state index contributed by atoms with van der Waals surface area (Å²) >= 11 is 0. The quantitative estimate of drug-likeness (QED) is 0.774. The number of aromatic amines is 1. The fourth-order valence-corrected chi connectivity index (χ4v) is 2.29. The van der Waals surface area contributed by atoms with Gasteiger partial charge in [0.15, 0.2) is 11.5 Å². The summed E-state index contributed by atoms with van der Waals surface area (Å²) < 4.78 is 0. The second-order valence-corrected chi connectivity index (χ2v) is 5.22. The van der Waals surface area contributed by atoms with E-state index in [4.69, 9.17) is 0 Å². The number of carbonyl (C=O) groups is 1. The van der Waals surface area contributed by atoms with Crippen LogP contribution in [0, 0.1) is 13.8 Å². The summed E-state index contributed by atoms with van der Waals surface area (Å²) in [5.74, 6) is 0.108. The van der Waals surface area contributed by atoms with Crippen molar-refractivity contribution in [2.45, 2.75) is 13.8 Å². The maximum atomic E-state index is 12.0. The van der Waals surface area contributed by atoms with E-state index >= 15 is 0 Å². The van der Waals surface area contributed by atoms with Crippen LogP contribution in [0.5, 0.6) is 0 Å². The Morgan fingerprint density at radius 3 is 2.55 bits per heavy atom. The van der Waals surface area contributed by atoms with Gasteiger partial charge in [-0.1, -0.05) is 17.2 Å². The zero-order valence-corrected chi connectivity index (χ0v) is 12.6. The van der Waals surface area contributed by atoms with E-state index in [1.165, 1.54) is 22.1 Å². The maximum absolute atomic E-state index is 12.0. The summed E-state index contributed by atoms with van der Waals surface area (Å²) in [6.07, 6.45) is 1.41. The van der Waals surface area contributed by atoms with Gasteiger partial charge in [0.1, 0.15) is 0 Å². The number of amides is 1. The first-order valence-corrected chi connectivity index (χ1v) is 6.83. The number of nitrogens with zero attached hydrogens (tertiary/aromatic N) is 4. The molecule has 2 N–H and O–H groups in total.